The van der Waals surface area contributed by atoms with Crippen LogP contribution in [0.1, 0.15) is 38.7 Å². The molecule has 1 atom stereocenters. The summed E-state index contributed by atoms with van der Waals surface area (Å²) in [5.41, 5.74) is 1.02. The fraction of sp³-hybridized carbons (Fsp3) is 0.462. The number of carbonyl (C=O) groups is 2. The molecule has 202 valence electrons. The molecular weight excluding hydrogens is 498 g/mol. The average Bonchev–Trinajstić information content (AvgIpc) is 3.34. The van der Waals surface area contributed by atoms with Crippen LogP contribution < -0.4 is 23.8 Å². The number of hydrogen-bond donors (Lipinski definition) is 1. The van der Waals surface area contributed by atoms with E-state index in [1.807, 2.05) is 19.9 Å². The van der Waals surface area contributed by atoms with Crippen LogP contribution in [0.3, 0.4) is 0 Å². The van der Waals surface area contributed by atoms with Gasteiger partial charge in [-0.15, -0.1) is 0 Å². The molecule has 0 saturated heterocycles. The normalized spacial score (nSPS) is 13.1. The van der Waals surface area contributed by atoms with Gasteiger partial charge in [0.05, 0.1) is 19.1 Å². The summed E-state index contributed by atoms with van der Waals surface area (Å²) in [6.07, 6.45) is 3.13. The van der Waals surface area contributed by atoms with E-state index in [1.165, 1.54) is 11.0 Å². The molecule has 1 heterocycles. The fourth-order valence-corrected chi connectivity index (χ4v) is 4.89. The Bertz CT molecular complexity index is 1200. The standard InChI is InChI=1S/C26H35N3O7S/c1-5-7-13-27-26(31)22(6-2)28(16-19-9-8-10-21(14-19)34-3)25(30)17-29(37(4,32)33)20-11-12-23-24(15-20)36-18-35-23/h8-12,14-15,22H,5-7,13,16-18H2,1-4H3,(H,27,31)/t22-/m0/s1. The first-order valence-electron chi connectivity index (χ1n) is 12.2. The van der Waals surface area contributed by atoms with Gasteiger partial charge in [-0.3, -0.25) is 13.9 Å². The lowest BCUT2D eigenvalue weighted by atomic mass is 10.1. The highest BCUT2D eigenvalue weighted by molar-refractivity contribution is 7.92. The molecule has 11 heteroatoms. The number of hydrogen-bond acceptors (Lipinski definition) is 7. The number of amides is 2. The zero-order valence-electron chi connectivity index (χ0n) is 21.7. The molecule has 0 radical (unpaired) electrons. The topological polar surface area (TPSA) is 114 Å². The van der Waals surface area contributed by atoms with Gasteiger partial charge in [0.25, 0.3) is 0 Å². The highest BCUT2D eigenvalue weighted by Crippen LogP contribution is 2.36. The molecule has 1 aliphatic heterocycles. The van der Waals surface area contributed by atoms with Crippen LogP contribution in [0.5, 0.6) is 17.2 Å². The highest BCUT2D eigenvalue weighted by Gasteiger charge is 2.32. The Hall–Kier alpha value is -3.47. The minimum absolute atomic E-state index is 0.0379. The summed E-state index contributed by atoms with van der Waals surface area (Å²) in [6.45, 7) is 4.01. The molecule has 0 unspecified atom stereocenters. The van der Waals surface area contributed by atoms with Gasteiger partial charge in [-0.1, -0.05) is 32.4 Å². The van der Waals surface area contributed by atoms with Gasteiger partial charge in [-0.2, -0.15) is 0 Å². The third kappa shape index (κ3) is 7.28. The van der Waals surface area contributed by atoms with Crippen molar-refractivity contribution in [3.05, 3.63) is 48.0 Å². The summed E-state index contributed by atoms with van der Waals surface area (Å²) in [6, 6.07) is 11.1. The molecule has 0 fully saturated rings. The van der Waals surface area contributed by atoms with Crippen molar-refractivity contribution in [3.63, 3.8) is 0 Å². The first-order valence-corrected chi connectivity index (χ1v) is 14.1. The zero-order chi connectivity index (χ0) is 27.0. The Morgan fingerprint density at radius 3 is 2.54 bits per heavy atom. The number of anilines is 1. The minimum atomic E-state index is -3.85. The second-order valence-electron chi connectivity index (χ2n) is 8.75. The second-order valence-corrected chi connectivity index (χ2v) is 10.7. The molecule has 2 amide bonds. The number of nitrogens with one attached hydrogen (secondary N) is 1. The number of carbonyl (C=O) groups excluding carboxylic acids is 2. The molecule has 2 aromatic rings. The largest absolute Gasteiger partial charge is 0.497 e. The van der Waals surface area contributed by atoms with Gasteiger partial charge in [-0.05, 0) is 42.7 Å². The molecular formula is C26H35N3O7S. The van der Waals surface area contributed by atoms with Crippen LogP contribution >= 0.6 is 0 Å². The number of nitrogens with zero attached hydrogens (tertiary/aromatic N) is 2. The van der Waals surface area contributed by atoms with E-state index in [0.29, 0.717) is 30.2 Å². The lowest BCUT2D eigenvalue weighted by Gasteiger charge is -2.33. The van der Waals surface area contributed by atoms with E-state index in [4.69, 9.17) is 14.2 Å². The van der Waals surface area contributed by atoms with Gasteiger partial charge in [0, 0.05) is 19.2 Å². The van der Waals surface area contributed by atoms with Crippen molar-refractivity contribution in [3.8, 4) is 17.2 Å². The lowest BCUT2D eigenvalue weighted by Crippen LogP contribution is -2.52. The molecule has 1 N–H and O–H groups in total. The summed E-state index contributed by atoms with van der Waals surface area (Å²) in [5, 5.41) is 2.90. The van der Waals surface area contributed by atoms with E-state index in [1.54, 1.807) is 37.4 Å². The zero-order valence-corrected chi connectivity index (χ0v) is 22.5. The maximum atomic E-state index is 13.8. The van der Waals surface area contributed by atoms with E-state index in [-0.39, 0.29) is 24.9 Å². The Labute approximate surface area is 218 Å². The van der Waals surface area contributed by atoms with Crippen LogP contribution in [0, 0.1) is 0 Å². The fourth-order valence-electron chi connectivity index (χ4n) is 4.05. The SMILES string of the molecule is CCCCNC(=O)[C@H](CC)N(Cc1cccc(OC)c1)C(=O)CN(c1ccc2c(c1)OCO2)S(C)(=O)=O. The van der Waals surface area contributed by atoms with Gasteiger partial charge in [-0.25, -0.2) is 8.42 Å². The predicted octanol–water partition coefficient (Wildman–Crippen LogP) is 2.91. The second kappa shape index (κ2) is 12.7. The van der Waals surface area contributed by atoms with E-state index < -0.39 is 28.5 Å². The Kier molecular flexibility index (Phi) is 9.62. The number of fused-ring (bicyclic) bond motifs is 1. The van der Waals surface area contributed by atoms with Crippen molar-refractivity contribution < 1.29 is 32.2 Å². The van der Waals surface area contributed by atoms with Crippen LogP contribution in [0.4, 0.5) is 5.69 Å². The third-order valence-corrected chi connectivity index (χ3v) is 7.17. The number of sulfonamides is 1. The lowest BCUT2D eigenvalue weighted by molar-refractivity contribution is -0.140. The molecule has 0 aromatic heterocycles. The van der Waals surface area contributed by atoms with Crippen molar-refractivity contribution in [1.29, 1.82) is 0 Å². The van der Waals surface area contributed by atoms with Crippen LogP contribution in [-0.2, 0) is 26.2 Å². The summed E-state index contributed by atoms with van der Waals surface area (Å²) in [5.74, 6) is 0.722. The minimum Gasteiger partial charge on any atom is -0.497 e. The van der Waals surface area contributed by atoms with Gasteiger partial charge < -0.3 is 24.4 Å². The molecule has 10 nitrogen and oxygen atoms in total. The Morgan fingerprint density at radius 2 is 1.86 bits per heavy atom. The van der Waals surface area contributed by atoms with Gasteiger partial charge in [0.2, 0.25) is 28.6 Å². The van der Waals surface area contributed by atoms with Crippen LogP contribution in [0.15, 0.2) is 42.5 Å². The van der Waals surface area contributed by atoms with Crippen molar-refractivity contribution in [2.24, 2.45) is 0 Å². The monoisotopic (exact) mass is 533 g/mol. The van der Waals surface area contributed by atoms with Crippen molar-refractivity contribution >= 4 is 27.5 Å². The first-order chi connectivity index (χ1) is 17.7. The highest BCUT2D eigenvalue weighted by atomic mass is 32.2. The maximum Gasteiger partial charge on any atom is 0.244 e. The van der Waals surface area contributed by atoms with Crippen molar-refractivity contribution in [2.45, 2.75) is 45.7 Å². The number of unbranched alkanes of at least 4 members (excludes halogenated alkanes) is 1. The quantitative estimate of drug-likeness (QED) is 0.394. The van der Waals surface area contributed by atoms with E-state index in [9.17, 15) is 18.0 Å². The summed E-state index contributed by atoms with van der Waals surface area (Å²) >= 11 is 0. The number of ether oxygens (including phenoxy) is 3. The predicted molar refractivity (Wildman–Crippen MR) is 140 cm³/mol. The van der Waals surface area contributed by atoms with Crippen LogP contribution in [0.25, 0.3) is 0 Å². The molecule has 0 aliphatic carbocycles. The average molecular weight is 534 g/mol. The molecule has 37 heavy (non-hydrogen) atoms. The van der Waals surface area contributed by atoms with E-state index in [0.717, 1.165) is 29.0 Å². The molecule has 3 rings (SSSR count). The van der Waals surface area contributed by atoms with Crippen LogP contribution in [0.2, 0.25) is 0 Å². The molecule has 0 spiro atoms. The van der Waals surface area contributed by atoms with E-state index in [2.05, 4.69) is 5.32 Å². The summed E-state index contributed by atoms with van der Waals surface area (Å²) in [4.78, 5) is 28.3. The van der Waals surface area contributed by atoms with Gasteiger partial charge in [0.15, 0.2) is 11.5 Å². The maximum absolute atomic E-state index is 13.8. The molecule has 0 saturated carbocycles. The first kappa shape index (κ1) is 28.1. The molecule has 1 aliphatic rings. The summed E-state index contributed by atoms with van der Waals surface area (Å²) < 4.78 is 42.6. The molecule has 0 bridgehead atoms. The summed E-state index contributed by atoms with van der Waals surface area (Å²) in [7, 11) is -2.30. The van der Waals surface area contributed by atoms with Gasteiger partial charge in [0.1, 0.15) is 18.3 Å². The Balaban J connectivity index is 1.93. The number of rotatable bonds is 13. The van der Waals surface area contributed by atoms with Crippen LogP contribution in [-0.4, -0.2) is 64.4 Å². The van der Waals surface area contributed by atoms with Gasteiger partial charge >= 0.3 is 0 Å². The van der Waals surface area contributed by atoms with Crippen molar-refractivity contribution in [1.82, 2.24) is 10.2 Å². The number of benzene rings is 2. The Morgan fingerprint density at radius 1 is 1.11 bits per heavy atom. The number of methoxy groups -OCH3 is 1. The third-order valence-electron chi connectivity index (χ3n) is 6.03. The smallest absolute Gasteiger partial charge is 0.244 e. The van der Waals surface area contributed by atoms with E-state index >= 15 is 0 Å². The molecule has 2 aromatic carbocycles. The van der Waals surface area contributed by atoms with Crippen molar-refractivity contribution in [2.75, 3.05) is 37.6 Å².